The molecule has 38 heavy (non-hydrogen) atoms. The topological polar surface area (TPSA) is 74.6 Å². The second-order valence-corrected chi connectivity index (χ2v) is 12.6. The highest BCUT2D eigenvalue weighted by Crippen LogP contribution is 2.47. The van der Waals surface area contributed by atoms with Gasteiger partial charge in [0.25, 0.3) is 0 Å². The zero-order chi connectivity index (χ0) is 28.7. The molecule has 0 amide bonds. The van der Waals surface area contributed by atoms with Gasteiger partial charge in [0.15, 0.2) is 0 Å². The van der Waals surface area contributed by atoms with Crippen molar-refractivity contribution in [2.45, 2.75) is 182 Å². The molecular formula is C34H66O4. The quantitative estimate of drug-likeness (QED) is 0.0971. The average molecular weight is 539 g/mol. The van der Waals surface area contributed by atoms with Gasteiger partial charge >= 0.3 is 11.9 Å². The van der Waals surface area contributed by atoms with Gasteiger partial charge in [-0.25, -0.2) is 0 Å². The van der Waals surface area contributed by atoms with Crippen LogP contribution in [0.15, 0.2) is 0 Å². The molecule has 0 aliphatic heterocycles. The fraction of sp³-hybridized carbons (Fsp3) is 0.941. The van der Waals surface area contributed by atoms with Gasteiger partial charge in [-0.3, -0.25) is 9.59 Å². The number of rotatable bonds is 28. The van der Waals surface area contributed by atoms with Crippen molar-refractivity contribution in [3.63, 3.8) is 0 Å². The molecule has 0 aliphatic rings. The van der Waals surface area contributed by atoms with E-state index < -0.39 is 11.9 Å². The highest BCUT2D eigenvalue weighted by Gasteiger charge is 2.37. The molecule has 4 nitrogen and oxygen atoms in total. The zero-order valence-electron chi connectivity index (χ0n) is 26.2. The van der Waals surface area contributed by atoms with Gasteiger partial charge in [0.05, 0.1) is 0 Å². The van der Waals surface area contributed by atoms with Crippen LogP contribution in [-0.4, -0.2) is 22.2 Å². The van der Waals surface area contributed by atoms with E-state index in [1.807, 2.05) is 0 Å². The van der Waals surface area contributed by atoms with Crippen LogP contribution in [0.4, 0.5) is 0 Å². The second-order valence-electron chi connectivity index (χ2n) is 12.6. The standard InChI is InChI=1S/C34H66O4/c1-6-10-21-29(8-3)27-34(5,28-30(9-4)22-11-7-2)31(25-26-33(37)38)23-19-17-15-13-12-14-16-18-20-24-32(35)36/h29-31H,6-28H2,1-5H3,(H,35,36)(H,37,38). The Labute approximate surface area is 237 Å². The molecule has 0 spiro atoms. The fourth-order valence-electron chi connectivity index (χ4n) is 6.67. The molecule has 0 heterocycles. The van der Waals surface area contributed by atoms with Gasteiger partial charge in [-0.15, -0.1) is 0 Å². The van der Waals surface area contributed by atoms with Gasteiger partial charge in [-0.05, 0) is 55.3 Å². The lowest BCUT2D eigenvalue weighted by Crippen LogP contribution is -2.33. The van der Waals surface area contributed by atoms with Gasteiger partial charge < -0.3 is 10.2 Å². The van der Waals surface area contributed by atoms with E-state index in [9.17, 15) is 14.7 Å². The Bertz CT molecular complexity index is 555. The van der Waals surface area contributed by atoms with E-state index in [2.05, 4.69) is 34.6 Å². The minimum atomic E-state index is -0.680. The predicted molar refractivity (Wildman–Crippen MR) is 163 cm³/mol. The Hall–Kier alpha value is -1.06. The largest absolute Gasteiger partial charge is 0.481 e. The molecule has 0 bridgehead atoms. The van der Waals surface area contributed by atoms with Crippen LogP contribution in [0.5, 0.6) is 0 Å². The summed E-state index contributed by atoms with van der Waals surface area (Å²) in [7, 11) is 0. The molecule has 226 valence electrons. The molecule has 0 saturated heterocycles. The van der Waals surface area contributed by atoms with Crippen molar-refractivity contribution < 1.29 is 19.8 Å². The van der Waals surface area contributed by atoms with Crippen LogP contribution in [0.3, 0.4) is 0 Å². The van der Waals surface area contributed by atoms with Gasteiger partial charge in [0.2, 0.25) is 0 Å². The van der Waals surface area contributed by atoms with Crippen LogP contribution >= 0.6 is 0 Å². The van der Waals surface area contributed by atoms with Crippen LogP contribution in [0.2, 0.25) is 0 Å². The van der Waals surface area contributed by atoms with Crippen LogP contribution in [0, 0.1) is 23.2 Å². The first-order valence-corrected chi connectivity index (χ1v) is 16.7. The number of unbranched alkanes of at least 4 members (excludes halogenated alkanes) is 10. The fourth-order valence-corrected chi connectivity index (χ4v) is 6.67. The lowest BCUT2D eigenvalue weighted by molar-refractivity contribution is -0.138. The monoisotopic (exact) mass is 538 g/mol. The Balaban J connectivity index is 5.08. The molecule has 2 N–H and O–H groups in total. The van der Waals surface area contributed by atoms with E-state index in [-0.39, 0.29) is 5.41 Å². The van der Waals surface area contributed by atoms with Gasteiger partial charge in [-0.2, -0.15) is 0 Å². The smallest absolute Gasteiger partial charge is 0.303 e. The SMILES string of the molecule is CCCCC(CC)CC(C)(CC(CC)CCCC)C(CCCCCCCCCCCC(=O)O)CCC(=O)O. The molecule has 0 aromatic carbocycles. The molecule has 0 fully saturated rings. The van der Waals surface area contributed by atoms with Crippen LogP contribution in [-0.2, 0) is 9.59 Å². The summed E-state index contributed by atoms with van der Waals surface area (Å²) >= 11 is 0. The predicted octanol–water partition coefficient (Wildman–Crippen LogP) is 11.1. The summed E-state index contributed by atoms with van der Waals surface area (Å²) in [5.41, 5.74) is 0.230. The molecule has 4 heteroatoms. The first-order chi connectivity index (χ1) is 18.2. The number of aliphatic carboxylic acids is 2. The summed E-state index contributed by atoms with van der Waals surface area (Å²) in [5.74, 6) is 0.689. The molecule has 3 unspecified atom stereocenters. The normalized spacial score (nSPS) is 15.6. The third-order valence-electron chi connectivity index (χ3n) is 9.23. The molecule has 0 saturated carbocycles. The van der Waals surface area contributed by atoms with Crippen molar-refractivity contribution in [3.8, 4) is 0 Å². The highest BCUT2D eigenvalue weighted by atomic mass is 16.4. The molecule has 0 radical (unpaired) electrons. The summed E-state index contributed by atoms with van der Waals surface area (Å²) in [6, 6.07) is 0. The van der Waals surface area contributed by atoms with Crippen molar-refractivity contribution in [2.75, 3.05) is 0 Å². The lowest BCUT2D eigenvalue weighted by Gasteiger charge is -2.43. The lowest BCUT2D eigenvalue weighted by atomic mass is 9.62. The average Bonchev–Trinajstić information content (AvgIpc) is 2.88. The Morgan fingerprint density at radius 1 is 0.553 bits per heavy atom. The van der Waals surface area contributed by atoms with Crippen LogP contribution < -0.4 is 0 Å². The van der Waals surface area contributed by atoms with Crippen LogP contribution in [0.1, 0.15) is 182 Å². The second kappa shape index (κ2) is 23.8. The minimum absolute atomic E-state index is 0.230. The van der Waals surface area contributed by atoms with Crippen molar-refractivity contribution in [3.05, 3.63) is 0 Å². The molecule has 0 aliphatic carbocycles. The zero-order valence-corrected chi connectivity index (χ0v) is 26.2. The number of hydrogen-bond donors (Lipinski definition) is 2. The summed E-state index contributed by atoms with van der Waals surface area (Å²) in [4.78, 5) is 22.2. The van der Waals surface area contributed by atoms with E-state index in [0.717, 1.165) is 37.5 Å². The summed E-state index contributed by atoms with van der Waals surface area (Å²) in [6.45, 7) is 11.8. The van der Waals surface area contributed by atoms with E-state index in [0.29, 0.717) is 18.8 Å². The molecule has 0 rings (SSSR count). The molecule has 0 aromatic rings. The van der Waals surface area contributed by atoms with E-state index >= 15 is 0 Å². The van der Waals surface area contributed by atoms with Crippen molar-refractivity contribution in [1.29, 1.82) is 0 Å². The summed E-state index contributed by atoms with van der Waals surface area (Å²) < 4.78 is 0. The first-order valence-electron chi connectivity index (χ1n) is 16.7. The third kappa shape index (κ3) is 19.1. The van der Waals surface area contributed by atoms with Crippen molar-refractivity contribution >= 4 is 11.9 Å². The summed E-state index contributed by atoms with van der Waals surface area (Å²) in [6.07, 6.45) is 25.8. The van der Waals surface area contributed by atoms with Gasteiger partial charge in [0.1, 0.15) is 0 Å². The minimum Gasteiger partial charge on any atom is -0.481 e. The van der Waals surface area contributed by atoms with Crippen molar-refractivity contribution in [1.82, 2.24) is 0 Å². The number of carboxylic acid groups (broad SMARTS) is 2. The Morgan fingerprint density at radius 3 is 1.37 bits per heavy atom. The maximum atomic E-state index is 11.6. The van der Waals surface area contributed by atoms with Gasteiger partial charge in [0, 0.05) is 12.8 Å². The maximum absolute atomic E-state index is 11.6. The van der Waals surface area contributed by atoms with E-state index in [4.69, 9.17) is 5.11 Å². The Morgan fingerprint density at radius 2 is 0.974 bits per heavy atom. The maximum Gasteiger partial charge on any atom is 0.303 e. The van der Waals surface area contributed by atoms with E-state index in [1.165, 1.54) is 109 Å². The first kappa shape index (κ1) is 36.9. The molecule has 3 atom stereocenters. The molecular weight excluding hydrogens is 472 g/mol. The molecule has 0 aromatic heterocycles. The van der Waals surface area contributed by atoms with Crippen molar-refractivity contribution in [2.24, 2.45) is 23.2 Å². The van der Waals surface area contributed by atoms with Crippen LogP contribution in [0.25, 0.3) is 0 Å². The van der Waals surface area contributed by atoms with E-state index in [1.54, 1.807) is 0 Å². The highest BCUT2D eigenvalue weighted by molar-refractivity contribution is 5.66. The Kier molecular flexibility index (Phi) is 23.1. The van der Waals surface area contributed by atoms with Gasteiger partial charge in [-0.1, -0.05) is 137 Å². The number of carbonyl (C=O) groups is 2. The number of hydrogen-bond acceptors (Lipinski definition) is 2. The third-order valence-corrected chi connectivity index (χ3v) is 9.23. The number of carboxylic acids is 2. The summed E-state index contributed by atoms with van der Waals surface area (Å²) in [5, 5.41) is 18.3.